The van der Waals surface area contributed by atoms with Gasteiger partial charge >= 0.3 is 0 Å². The number of nitrogens with two attached hydrogens (primary N) is 1. The fourth-order valence-electron chi connectivity index (χ4n) is 1.06. The van der Waals surface area contributed by atoms with Gasteiger partial charge in [-0.2, -0.15) is 0 Å². The number of nitrogens with one attached hydrogen (secondary N) is 1. The second-order valence-electron chi connectivity index (χ2n) is 3.02. The summed E-state index contributed by atoms with van der Waals surface area (Å²) in [5.74, 6) is -0.638. The summed E-state index contributed by atoms with van der Waals surface area (Å²) in [6, 6.07) is 6.13. The van der Waals surface area contributed by atoms with E-state index in [1.165, 1.54) is 19.2 Å². The van der Waals surface area contributed by atoms with Crippen molar-refractivity contribution in [3.8, 4) is 0 Å². The fraction of sp³-hybridized carbons (Fsp3) is 0.222. The molecule has 0 radical (unpaired) electrons. The number of rotatable bonds is 4. The Kier molecular flexibility index (Phi) is 3.43. The predicted octanol–water partition coefficient (Wildman–Crippen LogP) is -0.165. The Labute approximate surface area is 88.3 Å². The highest BCUT2D eigenvalue weighted by Crippen LogP contribution is 2.07. The number of amides is 1. The monoisotopic (exact) mass is 228 g/mol. The molecule has 0 fully saturated rings. The van der Waals surface area contributed by atoms with Crippen LogP contribution < -0.4 is 10.5 Å². The van der Waals surface area contributed by atoms with Crippen LogP contribution in [0.1, 0.15) is 15.9 Å². The van der Waals surface area contributed by atoms with Gasteiger partial charge < -0.3 is 5.73 Å². The molecule has 0 aliphatic heterocycles. The zero-order valence-electron chi connectivity index (χ0n) is 8.23. The predicted molar refractivity (Wildman–Crippen MR) is 56.6 cm³/mol. The van der Waals surface area contributed by atoms with Gasteiger partial charge in [-0.25, -0.2) is 13.1 Å². The molecule has 0 spiro atoms. The molecule has 0 heterocycles. The maximum absolute atomic E-state index is 11.2. The van der Waals surface area contributed by atoms with Crippen LogP contribution in [-0.2, 0) is 15.8 Å². The van der Waals surface area contributed by atoms with Crippen molar-refractivity contribution >= 4 is 15.9 Å². The Morgan fingerprint density at radius 1 is 1.33 bits per heavy atom. The number of benzene rings is 1. The van der Waals surface area contributed by atoms with Crippen molar-refractivity contribution in [3.63, 3.8) is 0 Å². The number of carbonyl (C=O) groups is 1. The summed E-state index contributed by atoms with van der Waals surface area (Å²) in [7, 11) is -1.92. The number of carbonyl (C=O) groups excluding carboxylic acids is 1. The third-order valence-corrected chi connectivity index (χ3v) is 3.24. The van der Waals surface area contributed by atoms with Gasteiger partial charge in [-0.3, -0.25) is 4.79 Å². The van der Waals surface area contributed by atoms with Crippen LogP contribution in [0.15, 0.2) is 24.3 Å². The standard InChI is InChI=1S/C9H12N2O3S/c1-11-15(13,14)6-7-2-4-8(5-3-7)9(10)12/h2-5,11H,6H2,1H3,(H2,10,12). The summed E-state index contributed by atoms with van der Waals surface area (Å²) in [5.41, 5.74) is 6.02. The van der Waals surface area contributed by atoms with Gasteiger partial charge in [-0.05, 0) is 24.7 Å². The summed E-state index contributed by atoms with van der Waals surface area (Å²) in [4.78, 5) is 10.7. The Balaban J connectivity index is 2.86. The Morgan fingerprint density at radius 2 is 1.87 bits per heavy atom. The highest BCUT2D eigenvalue weighted by molar-refractivity contribution is 7.88. The highest BCUT2D eigenvalue weighted by Gasteiger charge is 2.08. The van der Waals surface area contributed by atoms with E-state index >= 15 is 0 Å². The molecule has 6 heteroatoms. The lowest BCUT2D eigenvalue weighted by molar-refractivity contribution is 0.100. The molecule has 82 valence electrons. The minimum Gasteiger partial charge on any atom is -0.366 e. The van der Waals surface area contributed by atoms with Crippen molar-refractivity contribution in [2.75, 3.05) is 7.05 Å². The van der Waals surface area contributed by atoms with Crippen molar-refractivity contribution in [3.05, 3.63) is 35.4 Å². The molecule has 1 aromatic carbocycles. The van der Waals surface area contributed by atoms with Crippen molar-refractivity contribution in [1.82, 2.24) is 4.72 Å². The smallest absolute Gasteiger partial charge is 0.248 e. The Hall–Kier alpha value is -1.40. The van der Waals surface area contributed by atoms with Crippen LogP contribution in [0.2, 0.25) is 0 Å². The first-order valence-corrected chi connectivity index (χ1v) is 5.90. The molecule has 0 aliphatic carbocycles. The first kappa shape index (κ1) is 11.7. The molecule has 0 aliphatic rings. The first-order valence-electron chi connectivity index (χ1n) is 4.24. The molecule has 0 saturated heterocycles. The van der Waals surface area contributed by atoms with Crippen molar-refractivity contribution in [1.29, 1.82) is 0 Å². The van der Waals surface area contributed by atoms with Crippen LogP contribution in [0, 0.1) is 0 Å². The van der Waals surface area contributed by atoms with Crippen LogP contribution in [-0.4, -0.2) is 21.4 Å². The molecule has 5 nitrogen and oxygen atoms in total. The van der Waals surface area contributed by atoms with Crippen LogP contribution >= 0.6 is 0 Å². The van der Waals surface area contributed by atoms with Gasteiger partial charge in [-0.1, -0.05) is 12.1 Å². The average molecular weight is 228 g/mol. The van der Waals surface area contributed by atoms with E-state index in [0.29, 0.717) is 11.1 Å². The number of hydrogen-bond acceptors (Lipinski definition) is 3. The van der Waals surface area contributed by atoms with Crippen molar-refractivity contribution in [2.45, 2.75) is 5.75 Å². The van der Waals surface area contributed by atoms with E-state index in [4.69, 9.17) is 5.73 Å². The second-order valence-corrected chi connectivity index (χ2v) is 4.95. The summed E-state index contributed by atoms with van der Waals surface area (Å²) in [6.45, 7) is 0. The van der Waals surface area contributed by atoms with Crippen molar-refractivity contribution < 1.29 is 13.2 Å². The zero-order valence-corrected chi connectivity index (χ0v) is 9.04. The van der Waals surface area contributed by atoms with Crippen LogP contribution in [0.3, 0.4) is 0 Å². The normalized spacial score (nSPS) is 11.3. The summed E-state index contributed by atoms with van der Waals surface area (Å²) in [6.07, 6.45) is 0. The molecule has 0 unspecified atom stereocenters. The van der Waals surface area contributed by atoms with Crippen LogP contribution in [0.5, 0.6) is 0 Å². The van der Waals surface area contributed by atoms with Gasteiger partial charge in [0.2, 0.25) is 15.9 Å². The van der Waals surface area contributed by atoms with Crippen LogP contribution in [0.25, 0.3) is 0 Å². The first-order chi connectivity index (χ1) is 6.94. The third-order valence-electron chi connectivity index (χ3n) is 1.91. The van der Waals surface area contributed by atoms with Gasteiger partial charge in [0.15, 0.2) is 0 Å². The second kappa shape index (κ2) is 4.41. The van der Waals surface area contributed by atoms with Gasteiger partial charge in [0.1, 0.15) is 0 Å². The lowest BCUT2D eigenvalue weighted by atomic mass is 10.1. The Morgan fingerprint density at radius 3 is 2.27 bits per heavy atom. The van der Waals surface area contributed by atoms with E-state index in [-0.39, 0.29) is 5.75 Å². The molecule has 1 amide bonds. The molecule has 0 atom stereocenters. The fourth-order valence-corrected chi connectivity index (χ4v) is 1.83. The van der Waals surface area contributed by atoms with E-state index < -0.39 is 15.9 Å². The molecule has 3 N–H and O–H groups in total. The van der Waals surface area contributed by atoms with E-state index in [0.717, 1.165) is 0 Å². The van der Waals surface area contributed by atoms with Gasteiger partial charge in [0.25, 0.3) is 0 Å². The molecule has 0 aromatic heterocycles. The number of primary amides is 1. The lowest BCUT2D eigenvalue weighted by Crippen LogP contribution is -2.20. The Bertz CT molecular complexity index is 451. The molecule has 15 heavy (non-hydrogen) atoms. The number of hydrogen-bond donors (Lipinski definition) is 2. The summed E-state index contributed by atoms with van der Waals surface area (Å²) in [5, 5.41) is 0. The summed E-state index contributed by atoms with van der Waals surface area (Å²) < 4.78 is 24.6. The lowest BCUT2D eigenvalue weighted by Gasteiger charge is -2.02. The maximum atomic E-state index is 11.2. The largest absolute Gasteiger partial charge is 0.366 e. The van der Waals surface area contributed by atoms with E-state index in [2.05, 4.69) is 4.72 Å². The number of sulfonamides is 1. The molecule has 1 aromatic rings. The minimum atomic E-state index is -3.27. The third kappa shape index (κ3) is 3.34. The topological polar surface area (TPSA) is 89.3 Å². The maximum Gasteiger partial charge on any atom is 0.248 e. The van der Waals surface area contributed by atoms with E-state index in [9.17, 15) is 13.2 Å². The SMILES string of the molecule is CNS(=O)(=O)Cc1ccc(C(N)=O)cc1. The highest BCUT2D eigenvalue weighted by atomic mass is 32.2. The molecule has 0 bridgehead atoms. The van der Waals surface area contributed by atoms with E-state index in [1.54, 1.807) is 12.1 Å². The average Bonchev–Trinajstić information content (AvgIpc) is 2.18. The summed E-state index contributed by atoms with van der Waals surface area (Å²) >= 11 is 0. The molecule has 1 rings (SSSR count). The zero-order chi connectivity index (χ0) is 11.5. The van der Waals surface area contributed by atoms with Crippen LogP contribution in [0.4, 0.5) is 0 Å². The molecular formula is C9H12N2O3S. The quantitative estimate of drug-likeness (QED) is 0.750. The van der Waals surface area contributed by atoms with E-state index in [1.807, 2.05) is 0 Å². The van der Waals surface area contributed by atoms with Gasteiger partial charge in [0.05, 0.1) is 5.75 Å². The minimum absolute atomic E-state index is 0.109. The van der Waals surface area contributed by atoms with Gasteiger partial charge in [-0.15, -0.1) is 0 Å². The van der Waals surface area contributed by atoms with Gasteiger partial charge in [0, 0.05) is 5.56 Å². The molecule has 0 saturated carbocycles. The van der Waals surface area contributed by atoms with Crippen molar-refractivity contribution in [2.24, 2.45) is 5.73 Å². The molecular weight excluding hydrogens is 216 g/mol.